The fourth-order valence-electron chi connectivity index (χ4n) is 4.80. The second-order valence-electron chi connectivity index (χ2n) is 8.80. The van der Waals surface area contributed by atoms with Crippen molar-refractivity contribution in [1.82, 2.24) is 19.6 Å². The van der Waals surface area contributed by atoms with Gasteiger partial charge in [0.25, 0.3) is 0 Å². The highest BCUT2D eigenvalue weighted by atomic mass is 19.1. The van der Waals surface area contributed by atoms with Crippen molar-refractivity contribution in [3.05, 3.63) is 35.4 Å². The summed E-state index contributed by atoms with van der Waals surface area (Å²) in [7, 11) is 0. The number of piperazine rings is 1. The molecule has 6 nitrogen and oxygen atoms in total. The number of carbonyl (C=O) groups is 1. The van der Waals surface area contributed by atoms with Crippen LogP contribution in [-0.4, -0.2) is 96.7 Å². The SMILES string of the molecule is CCN1CCN(CCN2CC3(CCN(Cc4cc(F)cc(F)c4)CC3)OC2=O)CC1. The summed E-state index contributed by atoms with van der Waals surface area (Å²) in [6.07, 6.45) is 1.30. The molecule has 166 valence electrons. The predicted octanol–water partition coefficient (Wildman–Crippen LogP) is 2.39. The Morgan fingerprint density at radius 1 is 0.900 bits per heavy atom. The van der Waals surface area contributed by atoms with Crippen LogP contribution >= 0.6 is 0 Å². The minimum atomic E-state index is -0.546. The lowest BCUT2D eigenvalue weighted by molar-refractivity contribution is -0.00130. The molecule has 4 rings (SSSR count). The number of nitrogens with zero attached hydrogens (tertiary/aromatic N) is 4. The van der Waals surface area contributed by atoms with Crippen LogP contribution in [0.3, 0.4) is 0 Å². The Bertz CT molecular complexity index is 726. The van der Waals surface area contributed by atoms with Crippen molar-refractivity contribution in [2.75, 3.05) is 65.4 Å². The largest absolute Gasteiger partial charge is 0.441 e. The molecular formula is C22H32F2N4O2. The quantitative estimate of drug-likeness (QED) is 0.704. The summed E-state index contributed by atoms with van der Waals surface area (Å²) >= 11 is 0. The van der Waals surface area contributed by atoms with Gasteiger partial charge in [0.15, 0.2) is 0 Å². The zero-order valence-corrected chi connectivity index (χ0v) is 17.8. The normalized spacial score (nSPS) is 23.3. The van der Waals surface area contributed by atoms with Gasteiger partial charge in [-0.2, -0.15) is 0 Å². The van der Waals surface area contributed by atoms with Crippen molar-refractivity contribution < 1.29 is 18.3 Å². The van der Waals surface area contributed by atoms with Crippen LogP contribution in [0.2, 0.25) is 0 Å². The molecule has 0 bridgehead atoms. The van der Waals surface area contributed by atoms with Crippen molar-refractivity contribution in [3.63, 3.8) is 0 Å². The second kappa shape index (κ2) is 9.16. The number of amides is 1. The summed E-state index contributed by atoms with van der Waals surface area (Å²) in [6, 6.07) is 3.65. The van der Waals surface area contributed by atoms with E-state index >= 15 is 0 Å². The highest BCUT2D eigenvalue weighted by Crippen LogP contribution is 2.33. The molecule has 0 unspecified atom stereocenters. The molecule has 0 saturated carbocycles. The number of benzene rings is 1. The van der Waals surface area contributed by atoms with E-state index in [4.69, 9.17) is 4.74 Å². The van der Waals surface area contributed by atoms with Crippen LogP contribution in [0.1, 0.15) is 25.3 Å². The Kier molecular flexibility index (Phi) is 6.55. The summed E-state index contributed by atoms with van der Waals surface area (Å²) in [5.74, 6) is -1.09. The number of likely N-dealkylation sites (tertiary alicyclic amines) is 1. The van der Waals surface area contributed by atoms with Gasteiger partial charge in [-0.15, -0.1) is 0 Å². The molecule has 30 heavy (non-hydrogen) atoms. The van der Waals surface area contributed by atoms with Gasteiger partial charge < -0.3 is 14.5 Å². The lowest BCUT2D eigenvalue weighted by Gasteiger charge is -2.37. The third-order valence-corrected chi connectivity index (χ3v) is 6.74. The first kappa shape index (κ1) is 21.5. The molecule has 0 radical (unpaired) electrons. The number of ether oxygens (including phenoxy) is 1. The first-order chi connectivity index (χ1) is 14.4. The fourth-order valence-corrected chi connectivity index (χ4v) is 4.80. The van der Waals surface area contributed by atoms with Crippen molar-refractivity contribution in [3.8, 4) is 0 Å². The minimum absolute atomic E-state index is 0.206. The maximum absolute atomic E-state index is 13.4. The molecule has 8 heteroatoms. The predicted molar refractivity (Wildman–Crippen MR) is 110 cm³/mol. The van der Waals surface area contributed by atoms with Gasteiger partial charge >= 0.3 is 6.09 Å². The maximum Gasteiger partial charge on any atom is 0.410 e. The molecule has 3 aliphatic heterocycles. The van der Waals surface area contributed by atoms with Gasteiger partial charge in [0.05, 0.1) is 6.54 Å². The van der Waals surface area contributed by atoms with E-state index in [0.717, 1.165) is 71.3 Å². The Labute approximate surface area is 177 Å². The minimum Gasteiger partial charge on any atom is -0.441 e. The smallest absolute Gasteiger partial charge is 0.410 e. The summed E-state index contributed by atoms with van der Waals surface area (Å²) in [5, 5.41) is 0. The van der Waals surface area contributed by atoms with Gasteiger partial charge in [0, 0.05) is 77.8 Å². The average Bonchev–Trinajstić information content (AvgIpc) is 3.03. The third-order valence-electron chi connectivity index (χ3n) is 6.74. The van der Waals surface area contributed by atoms with Gasteiger partial charge in [-0.1, -0.05) is 6.92 Å². The van der Waals surface area contributed by atoms with Gasteiger partial charge in [0.1, 0.15) is 17.2 Å². The van der Waals surface area contributed by atoms with Gasteiger partial charge in [-0.05, 0) is 24.2 Å². The van der Waals surface area contributed by atoms with Crippen molar-refractivity contribution >= 4 is 6.09 Å². The van der Waals surface area contributed by atoms with Crippen LogP contribution in [0, 0.1) is 11.6 Å². The lowest BCUT2D eigenvalue weighted by Crippen LogP contribution is -2.49. The molecule has 3 aliphatic rings. The Morgan fingerprint density at radius 3 is 2.17 bits per heavy atom. The number of halogens is 2. The summed E-state index contributed by atoms with van der Waals surface area (Å²) in [6.45, 7) is 11.8. The van der Waals surface area contributed by atoms with Crippen LogP contribution in [-0.2, 0) is 11.3 Å². The van der Waals surface area contributed by atoms with E-state index in [1.165, 1.54) is 12.1 Å². The molecule has 1 amide bonds. The maximum atomic E-state index is 13.4. The Hall–Kier alpha value is -1.77. The highest BCUT2D eigenvalue weighted by molar-refractivity contribution is 5.70. The van der Waals surface area contributed by atoms with Crippen LogP contribution in [0.25, 0.3) is 0 Å². The summed E-state index contributed by atoms with van der Waals surface area (Å²) in [4.78, 5) is 21.3. The third kappa shape index (κ3) is 5.10. The van der Waals surface area contributed by atoms with Crippen LogP contribution in [0.15, 0.2) is 18.2 Å². The molecule has 0 N–H and O–H groups in total. The average molecular weight is 423 g/mol. The monoisotopic (exact) mass is 422 g/mol. The second-order valence-corrected chi connectivity index (χ2v) is 8.80. The summed E-state index contributed by atoms with van der Waals surface area (Å²) < 4.78 is 32.7. The molecule has 1 aromatic rings. The van der Waals surface area contributed by atoms with Crippen LogP contribution in [0.4, 0.5) is 13.6 Å². The van der Waals surface area contributed by atoms with E-state index in [1.54, 1.807) is 0 Å². The van der Waals surface area contributed by atoms with Crippen molar-refractivity contribution in [1.29, 1.82) is 0 Å². The van der Waals surface area contributed by atoms with E-state index in [9.17, 15) is 13.6 Å². The highest BCUT2D eigenvalue weighted by Gasteiger charge is 2.46. The zero-order valence-electron chi connectivity index (χ0n) is 17.8. The van der Waals surface area contributed by atoms with E-state index in [0.29, 0.717) is 25.2 Å². The number of likely N-dealkylation sites (N-methyl/N-ethyl adjacent to an activating group) is 1. The Morgan fingerprint density at radius 2 is 1.53 bits per heavy atom. The molecule has 1 aromatic carbocycles. The van der Waals surface area contributed by atoms with E-state index in [-0.39, 0.29) is 6.09 Å². The molecule has 0 aliphatic carbocycles. The Balaban J connectivity index is 1.24. The molecule has 3 heterocycles. The fraction of sp³-hybridized carbons (Fsp3) is 0.682. The van der Waals surface area contributed by atoms with Crippen LogP contribution in [0.5, 0.6) is 0 Å². The van der Waals surface area contributed by atoms with Crippen molar-refractivity contribution in [2.45, 2.75) is 31.9 Å². The van der Waals surface area contributed by atoms with Crippen LogP contribution < -0.4 is 0 Å². The summed E-state index contributed by atoms with van der Waals surface area (Å²) in [5.41, 5.74) is 0.221. The number of carbonyl (C=O) groups excluding carboxylic acids is 1. The first-order valence-corrected chi connectivity index (χ1v) is 11.0. The van der Waals surface area contributed by atoms with Gasteiger partial charge in [-0.25, -0.2) is 13.6 Å². The first-order valence-electron chi connectivity index (χ1n) is 11.0. The molecular weight excluding hydrogens is 390 g/mol. The molecule has 0 atom stereocenters. The molecule has 3 saturated heterocycles. The molecule has 0 aromatic heterocycles. The number of hydrogen-bond donors (Lipinski definition) is 0. The van der Waals surface area contributed by atoms with Gasteiger partial charge in [0.2, 0.25) is 0 Å². The zero-order chi connectivity index (χ0) is 21.1. The molecule has 3 fully saturated rings. The van der Waals surface area contributed by atoms with E-state index in [2.05, 4.69) is 21.6 Å². The lowest BCUT2D eigenvalue weighted by atomic mass is 9.91. The van der Waals surface area contributed by atoms with E-state index < -0.39 is 17.2 Å². The topological polar surface area (TPSA) is 39.3 Å². The number of hydrogen-bond acceptors (Lipinski definition) is 5. The number of piperidine rings is 1. The van der Waals surface area contributed by atoms with Crippen molar-refractivity contribution in [2.24, 2.45) is 0 Å². The standard InChI is InChI=1S/C22H32F2N4O2/c1-2-25-7-9-26(10-8-25)11-12-28-17-22(30-21(28)29)3-5-27(6-4-22)16-18-13-19(23)15-20(24)14-18/h13-15H,2-12,16-17H2,1H3. The van der Waals surface area contributed by atoms with E-state index in [1.807, 2.05) is 4.90 Å². The molecule has 1 spiro atoms. The number of rotatable bonds is 6. The van der Waals surface area contributed by atoms with Gasteiger partial charge in [-0.3, -0.25) is 9.80 Å².